The van der Waals surface area contributed by atoms with Gasteiger partial charge in [-0.05, 0) is 69.0 Å². The van der Waals surface area contributed by atoms with Crippen LogP contribution in [0.25, 0.3) is 0 Å². The van der Waals surface area contributed by atoms with Crippen molar-refractivity contribution in [2.45, 2.75) is 65.6 Å². The maximum atomic E-state index is 13.8. The first-order valence-electron chi connectivity index (χ1n) is 12.4. The molecule has 0 spiro atoms. The van der Waals surface area contributed by atoms with Gasteiger partial charge < -0.3 is 18.9 Å². The highest BCUT2D eigenvalue weighted by Crippen LogP contribution is 2.33. The molecule has 3 heterocycles. The van der Waals surface area contributed by atoms with E-state index >= 15 is 0 Å². The van der Waals surface area contributed by atoms with Crippen LogP contribution in [0.3, 0.4) is 0 Å². The first-order valence-corrected chi connectivity index (χ1v) is 12.4. The molecule has 34 heavy (non-hydrogen) atoms. The van der Waals surface area contributed by atoms with Gasteiger partial charge in [0.15, 0.2) is 16.9 Å². The Morgan fingerprint density at radius 1 is 1.06 bits per heavy atom. The molecule has 0 aliphatic carbocycles. The molecule has 4 rings (SSSR count). The van der Waals surface area contributed by atoms with Crippen molar-refractivity contribution in [2.24, 2.45) is 0 Å². The predicted octanol–water partition coefficient (Wildman–Crippen LogP) is 3.42. The minimum atomic E-state index is -0.174. The number of likely N-dealkylation sites (N-methyl/N-ethyl adjacent to an activating group) is 1. The molecule has 1 aromatic heterocycles. The standard InChI is InChI=1S/C27H37N3O4/c1-6-22-26(23(31)13-18(3)30(22)17-21-9-8-11-28(21)7-2)27(32)29-12-10-19-14-24(33-4)25(34-5)15-20(19)16-29/h13-15,21H,6-12,16-17H2,1-5H3/t21-/m0/s1. The van der Waals surface area contributed by atoms with Crippen molar-refractivity contribution >= 4 is 5.91 Å². The monoisotopic (exact) mass is 467 g/mol. The number of likely N-dealkylation sites (tertiary alicyclic amines) is 1. The Kier molecular flexibility index (Phi) is 7.31. The van der Waals surface area contributed by atoms with Crippen molar-refractivity contribution < 1.29 is 14.3 Å². The fourth-order valence-corrected chi connectivity index (χ4v) is 5.62. The Bertz CT molecular complexity index is 1120. The van der Waals surface area contributed by atoms with Crippen molar-refractivity contribution in [1.82, 2.24) is 14.4 Å². The zero-order chi connectivity index (χ0) is 24.4. The van der Waals surface area contributed by atoms with Crippen molar-refractivity contribution in [2.75, 3.05) is 33.9 Å². The van der Waals surface area contributed by atoms with Crippen molar-refractivity contribution in [3.05, 3.63) is 56.5 Å². The van der Waals surface area contributed by atoms with E-state index in [9.17, 15) is 9.59 Å². The molecule has 184 valence electrons. The van der Waals surface area contributed by atoms with E-state index in [1.54, 1.807) is 25.2 Å². The summed E-state index contributed by atoms with van der Waals surface area (Å²) in [6.07, 6.45) is 3.72. The topological polar surface area (TPSA) is 64.0 Å². The molecule has 0 unspecified atom stereocenters. The third kappa shape index (κ3) is 4.45. The summed E-state index contributed by atoms with van der Waals surface area (Å²) in [6, 6.07) is 6.03. The number of methoxy groups -OCH3 is 2. The number of ether oxygens (including phenoxy) is 2. The second-order valence-corrected chi connectivity index (χ2v) is 9.31. The van der Waals surface area contributed by atoms with Gasteiger partial charge in [-0.25, -0.2) is 0 Å². The van der Waals surface area contributed by atoms with Crippen LogP contribution in [0.5, 0.6) is 11.5 Å². The van der Waals surface area contributed by atoms with Gasteiger partial charge in [0.25, 0.3) is 5.91 Å². The molecule has 0 saturated carbocycles. The SMILES string of the molecule is CCc1c(C(=O)N2CCc3cc(OC)c(OC)cc3C2)c(=O)cc(C)n1C[C@@H]1CCCN1CC. The number of carbonyl (C=O) groups is 1. The normalized spacial score (nSPS) is 18.1. The quantitative estimate of drug-likeness (QED) is 0.624. The summed E-state index contributed by atoms with van der Waals surface area (Å²) in [7, 11) is 3.24. The van der Waals surface area contributed by atoms with Crippen molar-refractivity contribution in [1.29, 1.82) is 0 Å². The highest BCUT2D eigenvalue weighted by molar-refractivity contribution is 5.95. The Morgan fingerprint density at radius 3 is 2.41 bits per heavy atom. The van der Waals surface area contributed by atoms with Gasteiger partial charge in [0.05, 0.1) is 14.2 Å². The van der Waals surface area contributed by atoms with Gasteiger partial charge in [-0.15, -0.1) is 0 Å². The molecule has 0 N–H and O–H groups in total. The third-order valence-electron chi connectivity index (χ3n) is 7.48. The van der Waals surface area contributed by atoms with Gasteiger partial charge >= 0.3 is 0 Å². The number of carbonyl (C=O) groups excluding carboxylic acids is 1. The zero-order valence-electron chi connectivity index (χ0n) is 21.1. The lowest BCUT2D eigenvalue weighted by Crippen LogP contribution is -2.40. The summed E-state index contributed by atoms with van der Waals surface area (Å²) in [6.45, 7) is 10.2. The first-order chi connectivity index (χ1) is 16.4. The van der Waals surface area contributed by atoms with E-state index in [-0.39, 0.29) is 11.3 Å². The number of hydrogen-bond donors (Lipinski definition) is 0. The van der Waals surface area contributed by atoms with E-state index in [1.807, 2.05) is 26.0 Å². The van der Waals surface area contributed by atoms with Crippen LogP contribution in [0.15, 0.2) is 23.0 Å². The largest absolute Gasteiger partial charge is 0.493 e. The lowest BCUT2D eigenvalue weighted by atomic mass is 9.97. The second-order valence-electron chi connectivity index (χ2n) is 9.31. The smallest absolute Gasteiger partial charge is 0.259 e. The molecule has 7 nitrogen and oxygen atoms in total. The van der Waals surface area contributed by atoms with Gasteiger partial charge in [0.2, 0.25) is 0 Å². The van der Waals surface area contributed by atoms with Gasteiger partial charge in [-0.3, -0.25) is 14.5 Å². The summed E-state index contributed by atoms with van der Waals surface area (Å²) in [5.74, 6) is 1.18. The number of fused-ring (bicyclic) bond motifs is 1. The lowest BCUT2D eigenvalue weighted by Gasteiger charge is -2.31. The fraction of sp³-hybridized carbons (Fsp3) is 0.556. The van der Waals surface area contributed by atoms with Crippen LogP contribution in [0.1, 0.15) is 59.6 Å². The summed E-state index contributed by atoms with van der Waals surface area (Å²) in [5.41, 5.74) is 4.13. The minimum Gasteiger partial charge on any atom is -0.493 e. The summed E-state index contributed by atoms with van der Waals surface area (Å²) in [4.78, 5) is 31.2. The van der Waals surface area contributed by atoms with Gasteiger partial charge in [-0.2, -0.15) is 0 Å². The average Bonchev–Trinajstić information content (AvgIpc) is 3.30. The maximum absolute atomic E-state index is 13.8. The Morgan fingerprint density at radius 2 is 1.76 bits per heavy atom. The van der Waals surface area contributed by atoms with Crippen LogP contribution in [-0.4, -0.2) is 60.2 Å². The molecule has 0 radical (unpaired) electrons. The molecule has 2 aromatic rings. The van der Waals surface area contributed by atoms with Crippen LogP contribution >= 0.6 is 0 Å². The third-order valence-corrected chi connectivity index (χ3v) is 7.48. The molecule has 2 aliphatic heterocycles. The van der Waals surface area contributed by atoms with Gasteiger partial charge in [0.1, 0.15) is 5.56 Å². The Hall–Kier alpha value is -2.80. The summed E-state index contributed by atoms with van der Waals surface area (Å²) in [5, 5.41) is 0. The van der Waals surface area contributed by atoms with E-state index in [4.69, 9.17) is 9.47 Å². The minimum absolute atomic E-state index is 0.171. The molecule has 1 atom stereocenters. The molecular weight excluding hydrogens is 430 g/mol. The highest BCUT2D eigenvalue weighted by atomic mass is 16.5. The maximum Gasteiger partial charge on any atom is 0.259 e. The van der Waals surface area contributed by atoms with Crippen LogP contribution < -0.4 is 14.9 Å². The Balaban J connectivity index is 1.66. The van der Waals surface area contributed by atoms with E-state index in [0.717, 1.165) is 55.0 Å². The lowest BCUT2D eigenvalue weighted by molar-refractivity contribution is 0.0730. The first kappa shape index (κ1) is 24.3. The summed E-state index contributed by atoms with van der Waals surface area (Å²) >= 11 is 0. The van der Waals surface area contributed by atoms with E-state index in [1.165, 1.54) is 6.42 Å². The fourth-order valence-electron chi connectivity index (χ4n) is 5.62. The molecule has 1 amide bonds. The number of aryl methyl sites for hydroxylation is 1. The van der Waals surface area contributed by atoms with Crippen LogP contribution in [0, 0.1) is 6.92 Å². The molecule has 7 heteroatoms. The van der Waals surface area contributed by atoms with Crippen LogP contribution in [0.4, 0.5) is 0 Å². The van der Waals surface area contributed by atoms with Crippen molar-refractivity contribution in [3.8, 4) is 11.5 Å². The number of pyridine rings is 1. The Labute approximate surface area is 202 Å². The predicted molar refractivity (Wildman–Crippen MR) is 133 cm³/mol. The molecule has 0 bridgehead atoms. The molecule has 1 aromatic carbocycles. The summed E-state index contributed by atoms with van der Waals surface area (Å²) < 4.78 is 13.1. The number of aromatic nitrogens is 1. The van der Waals surface area contributed by atoms with Crippen molar-refractivity contribution in [3.63, 3.8) is 0 Å². The number of nitrogens with zero attached hydrogens (tertiary/aromatic N) is 3. The van der Waals surface area contributed by atoms with Crippen LogP contribution in [-0.2, 0) is 25.9 Å². The molecule has 2 aliphatic rings. The van der Waals surface area contributed by atoms with Gasteiger partial charge in [-0.1, -0.05) is 13.8 Å². The zero-order valence-corrected chi connectivity index (χ0v) is 21.1. The van der Waals surface area contributed by atoms with E-state index in [0.29, 0.717) is 42.6 Å². The number of amides is 1. The van der Waals surface area contributed by atoms with E-state index < -0.39 is 0 Å². The number of rotatable bonds is 7. The molecule has 1 saturated heterocycles. The molecular formula is C27H37N3O4. The second kappa shape index (κ2) is 10.2. The van der Waals surface area contributed by atoms with E-state index in [2.05, 4.69) is 16.4 Å². The molecule has 1 fully saturated rings. The number of hydrogen-bond acceptors (Lipinski definition) is 5. The highest BCUT2D eigenvalue weighted by Gasteiger charge is 2.30. The number of benzene rings is 1. The average molecular weight is 468 g/mol. The van der Waals surface area contributed by atoms with Crippen LogP contribution in [0.2, 0.25) is 0 Å². The van der Waals surface area contributed by atoms with Gasteiger partial charge in [0, 0.05) is 43.1 Å².